The molecule has 0 amide bonds. The summed E-state index contributed by atoms with van der Waals surface area (Å²) in [7, 11) is 1.82. The third kappa shape index (κ3) is 1.49. The maximum Gasteiger partial charge on any atom is 0.192 e. The summed E-state index contributed by atoms with van der Waals surface area (Å²) in [4.78, 5) is 4.24. The highest BCUT2D eigenvalue weighted by Crippen LogP contribution is 2.18. The van der Waals surface area contributed by atoms with Gasteiger partial charge in [0, 0.05) is 6.92 Å². The van der Waals surface area contributed by atoms with Gasteiger partial charge in [-0.05, 0) is 24.7 Å². The lowest BCUT2D eigenvalue weighted by Crippen LogP contribution is -2.24. The van der Waals surface area contributed by atoms with Crippen LogP contribution in [-0.2, 0) is 0 Å². The van der Waals surface area contributed by atoms with E-state index in [-0.39, 0.29) is 6.17 Å². The van der Waals surface area contributed by atoms with Crippen molar-refractivity contribution in [1.82, 2.24) is 10.3 Å². The Bertz CT molecular complexity index is 450. The lowest BCUT2D eigenvalue weighted by Gasteiger charge is -2.09. The molecule has 0 bridgehead atoms. The molecule has 1 heterocycles. The van der Waals surface area contributed by atoms with Crippen LogP contribution >= 0.6 is 0 Å². The number of hydrogen-bond donors (Lipinski definition) is 2. The molecular formula is C10H13N3O. The van der Waals surface area contributed by atoms with E-state index in [2.05, 4.69) is 10.3 Å². The number of benzene rings is 1. The third-order valence-corrected chi connectivity index (χ3v) is 2.19. The minimum absolute atomic E-state index is 0.156. The first-order valence-electron chi connectivity index (χ1n) is 4.50. The van der Waals surface area contributed by atoms with E-state index in [4.69, 9.17) is 10.2 Å². The van der Waals surface area contributed by atoms with Crippen LogP contribution < -0.4 is 11.1 Å². The summed E-state index contributed by atoms with van der Waals surface area (Å²) in [5.74, 6) is 0.676. The molecule has 0 fully saturated rings. The van der Waals surface area contributed by atoms with Crippen LogP contribution in [0.15, 0.2) is 22.6 Å². The van der Waals surface area contributed by atoms with Gasteiger partial charge in [0.2, 0.25) is 0 Å². The molecular weight excluding hydrogens is 178 g/mol. The number of nitrogens with two attached hydrogens (primary N) is 1. The van der Waals surface area contributed by atoms with Gasteiger partial charge in [-0.3, -0.25) is 0 Å². The van der Waals surface area contributed by atoms with Crippen molar-refractivity contribution in [2.75, 3.05) is 7.05 Å². The van der Waals surface area contributed by atoms with E-state index in [0.29, 0.717) is 5.89 Å². The molecule has 4 nitrogen and oxygen atoms in total. The minimum atomic E-state index is -0.156. The summed E-state index contributed by atoms with van der Waals surface area (Å²) in [5.41, 5.74) is 8.48. The van der Waals surface area contributed by atoms with Gasteiger partial charge in [-0.2, -0.15) is 0 Å². The highest BCUT2D eigenvalue weighted by atomic mass is 16.3. The number of nitrogens with zero attached hydrogens (tertiary/aromatic N) is 1. The first kappa shape index (κ1) is 9.18. The SMILES string of the molecule is CNC(N)c1ccc2oc(C)nc2c1. The molecule has 0 spiro atoms. The summed E-state index contributed by atoms with van der Waals surface area (Å²) >= 11 is 0. The molecule has 1 unspecified atom stereocenters. The molecule has 2 rings (SSSR count). The smallest absolute Gasteiger partial charge is 0.192 e. The Kier molecular flexibility index (Phi) is 2.23. The zero-order valence-corrected chi connectivity index (χ0v) is 8.24. The topological polar surface area (TPSA) is 64.1 Å². The first-order valence-corrected chi connectivity index (χ1v) is 4.50. The van der Waals surface area contributed by atoms with E-state index >= 15 is 0 Å². The highest BCUT2D eigenvalue weighted by Gasteiger charge is 2.06. The number of rotatable bonds is 2. The zero-order valence-electron chi connectivity index (χ0n) is 8.24. The van der Waals surface area contributed by atoms with Crippen molar-refractivity contribution in [3.63, 3.8) is 0 Å². The van der Waals surface area contributed by atoms with Gasteiger partial charge in [-0.1, -0.05) is 6.07 Å². The van der Waals surface area contributed by atoms with Gasteiger partial charge in [0.15, 0.2) is 11.5 Å². The Morgan fingerprint density at radius 1 is 1.50 bits per heavy atom. The molecule has 2 aromatic rings. The van der Waals surface area contributed by atoms with E-state index in [1.54, 1.807) is 0 Å². The van der Waals surface area contributed by atoms with E-state index in [0.717, 1.165) is 16.7 Å². The Labute approximate surface area is 82.1 Å². The fourth-order valence-corrected chi connectivity index (χ4v) is 1.42. The molecule has 0 aliphatic rings. The second-order valence-electron chi connectivity index (χ2n) is 3.23. The number of aromatic nitrogens is 1. The fourth-order valence-electron chi connectivity index (χ4n) is 1.42. The van der Waals surface area contributed by atoms with Crippen LogP contribution in [0.5, 0.6) is 0 Å². The Balaban J connectivity index is 2.50. The number of hydrogen-bond acceptors (Lipinski definition) is 4. The first-order chi connectivity index (χ1) is 6.70. The normalized spacial score (nSPS) is 13.4. The average Bonchev–Trinajstić information content (AvgIpc) is 2.55. The molecule has 1 aromatic carbocycles. The van der Waals surface area contributed by atoms with Crippen molar-refractivity contribution in [3.05, 3.63) is 29.7 Å². The van der Waals surface area contributed by atoms with Gasteiger partial charge < -0.3 is 15.5 Å². The van der Waals surface area contributed by atoms with Crippen LogP contribution in [-0.4, -0.2) is 12.0 Å². The number of oxazole rings is 1. The van der Waals surface area contributed by atoms with Crippen LogP contribution in [0.1, 0.15) is 17.6 Å². The predicted octanol–water partition coefficient (Wildman–Crippen LogP) is 1.31. The maximum absolute atomic E-state index is 5.82. The molecule has 74 valence electrons. The zero-order chi connectivity index (χ0) is 10.1. The fraction of sp³-hybridized carbons (Fsp3) is 0.300. The molecule has 0 radical (unpaired) electrons. The summed E-state index contributed by atoms with van der Waals surface area (Å²) < 4.78 is 5.36. The van der Waals surface area contributed by atoms with Gasteiger partial charge in [0.05, 0.1) is 6.17 Å². The number of fused-ring (bicyclic) bond motifs is 1. The second kappa shape index (κ2) is 3.40. The van der Waals surface area contributed by atoms with Gasteiger partial charge in [0.25, 0.3) is 0 Å². The molecule has 0 aliphatic carbocycles. The second-order valence-corrected chi connectivity index (χ2v) is 3.23. The Hall–Kier alpha value is -1.39. The molecule has 14 heavy (non-hydrogen) atoms. The quantitative estimate of drug-likeness (QED) is 0.702. The van der Waals surface area contributed by atoms with E-state index in [1.165, 1.54) is 0 Å². The van der Waals surface area contributed by atoms with Crippen LogP contribution in [0.3, 0.4) is 0 Å². The molecule has 0 saturated heterocycles. The highest BCUT2D eigenvalue weighted by molar-refractivity contribution is 5.73. The number of aryl methyl sites for hydroxylation is 1. The largest absolute Gasteiger partial charge is 0.441 e. The number of nitrogens with one attached hydrogen (secondary N) is 1. The Morgan fingerprint density at radius 3 is 3.00 bits per heavy atom. The predicted molar refractivity (Wildman–Crippen MR) is 54.7 cm³/mol. The van der Waals surface area contributed by atoms with Crippen LogP contribution in [0, 0.1) is 6.92 Å². The monoisotopic (exact) mass is 191 g/mol. The van der Waals surface area contributed by atoms with Crippen molar-refractivity contribution in [1.29, 1.82) is 0 Å². The van der Waals surface area contributed by atoms with Crippen molar-refractivity contribution in [3.8, 4) is 0 Å². The molecule has 4 heteroatoms. The van der Waals surface area contributed by atoms with Crippen molar-refractivity contribution < 1.29 is 4.42 Å². The summed E-state index contributed by atoms with van der Waals surface area (Å²) in [5, 5.41) is 2.97. The average molecular weight is 191 g/mol. The van der Waals surface area contributed by atoms with Crippen molar-refractivity contribution in [2.45, 2.75) is 13.1 Å². The van der Waals surface area contributed by atoms with Gasteiger partial charge >= 0.3 is 0 Å². The van der Waals surface area contributed by atoms with Gasteiger partial charge in [-0.15, -0.1) is 0 Å². The van der Waals surface area contributed by atoms with Gasteiger partial charge in [0.1, 0.15) is 5.52 Å². The third-order valence-electron chi connectivity index (χ3n) is 2.19. The lowest BCUT2D eigenvalue weighted by atomic mass is 10.1. The molecule has 0 aliphatic heterocycles. The van der Waals surface area contributed by atoms with Crippen molar-refractivity contribution in [2.24, 2.45) is 5.73 Å². The van der Waals surface area contributed by atoms with E-state index in [1.807, 2.05) is 32.2 Å². The maximum atomic E-state index is 5.82. The Morgan fingerprint density at radius 2 is 2.29 bits per heavy atom. The molecule has 3 N–H and O–H groups in total. The molecule has 1 atom stereocenters. The van der Waals surface area contributed by atoms with E-state index < -0.39 is 0 Å². The summed E-state index contributed by atoms with van der Waals surface area (Å²) in [6, 6.07) is 5.77. The summed E-state index contributed by atoms with van der Waals surface area (Å²) in [6.45, 7) is 1.83. The lowest BCUT2D eigenvalue weighted by molar-refractivity contribution is 0.561. The van der Waals surface area contributed by atoms with Crippen LogP contribution in [0.4, 0.5) is 0 Å². The summed E-state index contributed by atoms with van der Waals surface area (Å²) in [6.07, 6.45) is -0.156. The molecule has 0 saturated carbocycles. The van der Waals surface area contributed by atoms with Crippen LogP contribution in [0.25, 0.3) is 11.1 Å². The minimum Gasteiger partial charge on any atom is -0.441 e. The van der Waals surface area contributed by atoms with E-state index in [9.17, 15) is 0 Å². The van der Waals surface area contributed by atoms with Gasteiger partial charge in [-0.25, -0.2) is 4.98 Å². The van der Waals surface area contributed by atoms with Crippen molar-refractivity contribution >= 4 is 11.1 Å². The van der Waals surface area contributed by atoms with Crippen LogP contribution in [0.2, 0.25) is 0 Å². The standard InChI is InChI=1S/C10H13N3O/c1-6-13-8-5-7(10(11)12-2)3-4-9(8)14-6/h3-5,10,12H,11H2,1-2H3. The molecule has 1 aromatic heterocycles.